The number of rotatable bonds is 8. The summed E-state index contributed by atoms with van der Waals surface area (Å²) >= 11 is 0. The number of nitrogens with zero attached hydrogens (tertiary/aromatic N) is 3. The fraction of sp³-hybridized carbons (Fsp3) is 0.750. The van der Waals surface area contributed by atoms with Crippen molar-refractivity contribution in [3.8, 4) is 5.75 Å². The second kappa shape index (κ2) is 9.69. The lowest BCUT2D eigenvalue weighted by molar-refractivity contribution is 0.00578. The van der Waals surface area contributed by atoms with Crippen LogP contribution in [0.1, 0.15) is 47.5 Å². The first kappa shape index (κ1) is 24.4. The number of piperidine rings is 1. The van der Waals surface area contributed by atoms with Crippen LogP contribution in [0.25, 0.3) is 0 Å². The van der Waals surface area contributed by atoms with Crippen LogP contribution in [0.2, 0.25) is 0 Å². The molecule has 0 spiro atoms. The van der Waals surface area contributed by atoms with Gasteiger partial charge in [0.2, 0.25) is 0 Å². The molecule has 6 nitrogen and oxygen atoms in total. The lowest BCUT2D eigenvalue weighted by Crippen LogP contribution is -2.45. The van der Waals surface area contributed by atoms with Gasteiger partial charge in [0.15, 0.2) is 0 Å². The Morgan fingerprint density at radius 3 is 2.23 bits per heavy atom. The van der Waals surface area contributed by atoms with Crippen LogP contribution in [-0.2, 0) is 9.31 Å². The molecular formula is C24H42BN3O3. The van der Waals surface area contributed by atoms with Crippen LogP contribution in [0.15, 0.2) is 18.2 Å². The molecule has 174 valence electrons. The normalized spacial score (nSPS) is 21.4. The van der Waals surface area contributed by atoms with Gasteiger partial charge >= 0.3 is 7.12 Å². The first-order valence-corrected chi connectivity index (χ1v) is 11.7. The van der Waals surface area contributed by atoms with Gasteiger partial charge in [-0.1, -0.05) is 13.0 Å². The molecule has 2 aliphatic rings. The van der Waals surface area contributed by atoms with Crippen LogP contribution in [0.5, 0.6) is 5.75 Å². The highest BCUT2D eigenvalue weighted by Gasteiger charge is 2.51. The summed E-state index contributed by atoms with van der Waals surface area (Å²) in [6.07, 6.45) is 2.35. The van der Waals surface area contributed by atoms with Crippen molar-refractivity contribution in [3.63, 3.8) is 0 Å². The highest BCUT2D eigenvalue weighted by Crippen LogP contribution is 2.37. The van der Waals surface area contributed by atoms with Crippen molar-refractivity contribution >= 4 is 18.3 Å². The molecule has 3 rings (SSSR count). The number of hydrogen-bond acceptors (Lipinski definition) is 6. The summed E-state index contributed by atoms with van der Waals surface area (Å²) in [7, 11) is 5.84. The van der Waals surface area contributed by atoms with E-state index in [4.69, 9.17) is 14.0 Å². The van der Waals surface area contributed by atoms with Gasteiger partial charge in [-0.2, -0.15) is 0 Å². The van der Waals surface area contributed by atoms with Gasteiger partial charge in [0.25, 0.3) is 0 Å². The molecule has 7 heteroatoms. The van der Waals surface area contributed by atoms with E-state index in [9.17, 15) is 0 Å². The monoisotopic (exact) mass is 431 g/mol. The predicted octanol–water partition coefficient (Wildman–Crippen LogP) is 2.85. The molecule has 2 heterocycles. The van der Waals surface area contributed by atoms with Gasteiger partial charge in [-0.3, -0.25) is 0 Å². The van der Waals surface area contributed by atoms with Gasteiger partial charge < -0.3 is 28.7 Å². The third-order valence-corrected chi connectivity index (χ3v) is 7.53. The van der Waals surface area contributed by atoms with E-state index in [0.29, 0.717) is 6.04 Å². The van der Waals surface area contributed by atoms with Crippen LogP contribution in [0, 0.1) is 0 Å². The first-order valence-electron chi connectivity index (χ1n) is 11.7. The average molecular weight is 431 g/mol. The van der Waals surface area contributed by atoms with Gasteiger partial charge in [-0.15, -0.1) is 0 Å². The molecular weight excluding hydrogens is 389 g/mol. The molecule has 1 aromatic rings. The van der Waals surface area contributed by atoms with Crippen molar-refractivity contribution < 1.29 is 14.0 Å². The molecule has 0 unspecified atom stereocenters. The molecule has 1 aromatic carbocycles. The molecule has 0 saturated carbocycles. The van der Waals surface area contributed by atoms with Gasteiger partial charge in [-0.25, -0.2) is 0 Å². The zero-order valence-corrected chi connectivity index (χ0v) is 20.9. The number of methoxy groups -OCH3 is 1. The van der Waals surface area contributed by atoms with E-state index in [1.165, 1.54) is 12.8 Å². The van der Waals surface area contributed by atoms with Crippen LogP contribution >= 0.6 is 0 Å². The average Bonchev–Trinajstić information content (AvgIpc) is 2.98. The molecule has 0 amide bonds. The van der Waals surface area contributed by atoms with E-state index >= 15 is 0 Å². The van der Waals surface area contributed by atoms with E-state index in [-0.39, 0.29) is 18.3 Å². The number of anilines is 1. The summed E-state index contributed by atoms with van der Waals surface area (Å²) in [5.74, 6) is 0.892. The number of benzene rings is 1. The van der Waals surface area contributed by atoms with E-state index in [1.54, 1.807) is 7.11 Å². The van der Waals surface area contributed by atoms with Gasteiger partial charge in [0.1, 0.15) is 5.75 Å². The second-order valence-corrected chi connectivity index (χ2v) is 10.1. The summed E-state index contributed by atoms with van der Waals surface area (Å²) in [5, 5.41) is 0. The van der Waals surface area contributed by atoms with Crippen LogP contribution < -0.4 is 15.1 Å². The number of ether oxygens (including phenoxy) is 1. The topological polar surface area (TPSA) is 37.4 Å². The molecule has 2 saturated heterocycles. The smallest absolute Gasteiger partial charge is 0.494 e. The van der Waals surface area contributed by atoms with Crippen molar-refractivity contribution in [2.75, 3.05) is 58.8 Å². The fourth-order valence-electron chi connectivity index (χ4n) is 4.30. The Hall–Kier alpha value is -1.28. The lowest BCUT2D eigenvalue weighted by Gasteiger charge is -2.38. The number of hydrogen-bond donors (Lipinski definition) is 0. The minimum Gasteiger partial charge on any atom is -0.495 e. The van der Waals surface area contributed by atoms with Crippen molar-refractivity contribution in [1.29, 1.82) is 0 Å². The Morgan fingerprint density at radius 2 is 1.68 bits per heavy atom. The van der Waals surface area contributed by atoms with Crippen LogP contribution in [0.3, 0.4) is 0 Å². The third-order valence-electron chi connectivity index (χ3n) is 7.53. The van der Waals surface area contributed by atoms with E-state index in [1.807, 2.05) is 0 Å². The zero-order chi connectivity index (χ0) is 22.8. The van der Waals surface area contributed by atoms with E-state index < -0.39 is 0 Å². The van der Waals surface area contributed by atoms with Crippen LogP contribution in [0.4, 0.5) is 5.69 Å². The molecule has 0 aromatic heterocycles. The Kier molecular flexibility index (Phi) is 7.62. The molecule has 0 radical (unpaired) electrons. The highest BCUT2D eigenvalue weighted by molar-refractivity contribution is 6.62. The van der Waals surface area contributed by atoms with Crippen molar-refractivity contribution in [2.24, 2.45) is 0 Å². The second-order valence-electron chi connectivity index (χ2n) is 10.1. The molecule has 2 fully saturated rings. The van der Waals surface area contributed by atoms with Gasteiger partial charge in [0.05, 0.1) is 24.0 Å². The van der Waals surface area contributed by atoms with Crippen molar-refractivity contribution in [1.82, 2.24) is 9.80 Å². The Balaban J connectivity index is 1.63. The standard InChI is InChI=1S/C24H42BN3O3/c1-9-26(6)16-17-27(7)20-12-14-28(15-13-20)21-11-10-19(18-22(21)29-8)25-30-23(2,3)24(4,5)31-25/h10-11,18,20H,9,12-17H2,1-8H3. The Morgan fingerprint density at radius 1 is 1.06 bits per heavy atom. The summed E-state index contributed by atoms with van der Waals surface area (Å²) in [4.78, 5) is 7.36. The SMILES string of the molecule is CCN(C)CCN(C)C1CCN(c2ccc(B3OC(C)(C)C(C)(C)O3)cc2OC)CC1. The first-order chi connectivity index (χ1) is 14.6. The molecule has 0 aliphatic carbocycles. The highest BCUT2D eigenvalue weighted by atomic mass is 16.7. The molecule has 0 N–H and O–H groups in total. The Bertz CT molecular complexity index is 719. The predicted molar refractivity (Wildman–Crippen MR) is 130 cm³/mol. The maximum atomic E-state index is 6.22. The van der Waals surface area contributed by atoms with E-state index in [0.717, 1.165) is 49.6 Å². The quantitative estimate of drug-likeness (QED) is 0.590. The van der Waals surface area contributed by atoms with Gasteiger partial charge in [-0.05, 0) is 78.8 Å². The summed E-state index contributed by atoms with van der Waals surface area (Å²) < 4.78 is 18.2. The molecule has 0 bridgehead atoms. The van der Waals surface area contributed by atoms with E-state index in [2.05, 4.69) is 81.6 Å². The minimum atomic E-state index is -0.367. The molecule has 2 aliphatic heterocycles. The van der Waals surface area contributed by atoms with Gasteiger partial charge in [0, 0.05) is 32.2 Å². The maximum Gasteiger partial charge on any atom is 0.494 e. The largest absolute Gasteiger partial charge is 0.495 e. The zero-order valence-electron chi connectivity index (χ0n) is 20.9. The summed E-state index contributed by atoms with van der Waals surface area (Å²) in [5.41, 5.74) is 1.48. The molecule has 0 atom stereocenters. The molecule has 31 heavy (non-hydrogen) atoms. The number of likely N-dealkylation sites (N-methyl/N-ethyl adjacent to an activating group) is 2. The third kappa shape index (κ3) is 5.38. The summed E-state index contributed by atoms with van der Waals surface area (Å²) in [6.45, 7) is 16.0. The maximum absolute atomic E-state index is 6.22. The minimum absolute atomic E-state index is 0.344. The van der Waals surface area contributed by atoms with Crippen molar-refractivity contribution in [3.05, 3.63) is 18.2 Å². The summed E-state index contributed by atoms with van der Waals surface area (Å²) in [6, 6.07) is 7.02. The lowest BCUT2D eigenvalue weighted by atomic mass is 9.79. The fourth-order valence-corrected chi connectivity index (χ4v) is 4.30. The Labute approximate surface area is 190 Å². The van der Waals surface area contributed by atoms with Crippen LogP contribution in [-0.4, -0.2) is 88.1 Å². The van der Waals surface area contributed by atoms with Crippen molar-refractivity contribution in [2.45, 2.75) is 64.7 Å².